The van der Waals surface area contributed by atoms with Crippen LogP contribution in [0.2, 0.25) is 0 Å². The molecule has 12 nitrogen and oxygen atoms in total. The van der Waals surface area contributed by atoms with Crippen molar-refractivity contribution in [3.8, 4) is 11.8 Å². The second-order valence-corrected chi connectivity index (χ2v) is 11.7. The molecule has 1 heterocycles. The van der Waals surface area contributed by atoms with E-state index in [0.717, 1.165) is 10.8 Å². The van der Waals surface area contributed by atoms with Gasteiger partial charge in [-0.25, -0.2) is 21.8 Å². The Morgan fingerprint density at radius 1 is 1.08 bits per heavy atom. The van der Waals surface area contributed by atoms with Crippen LogP contribution in [0.5, 0.6) is 5.75 Å². The highest BCUT2D eigenvalue weighted by atomic mass is 32.2. The van der Waals surface area contributed by atoms with Crippen molar-refractivity contribution < 1.29 is 26.3 Å². The van der Waals surface area contributed by atoms with E-state index >= 15 is 0 Å². The van der Waals surface area contributed by atoms with Gasteiger partial charge in [0.2, 0.25) is 0 Å². The number of methoxy groups -OCH3 is 2. The lowest BCUT2D eigenvalue weighted by Crippen LogP contribution is -2.16. The van der Waals surface area contributed by atoms with Gasteiger partial charge in [-0.05, 0) is 31.5 Å². The van der Waals surface area contributed by atoms with Gasteiger partial charge in [-0.1, -0.05) is 13.2 Å². The highest BCUT2D eigenvalue weighted by molar-refractivity contribution is 7.94. The van der Waals surface area contributed by atoms with Crippen LogP contribution in [0.1, 0.15) is 17.5 Å². The van der Waals surface area contributed by atoms with Crippen LogP contribution < -0.4 is 15.4 Å². The second kappa shape index (κ2) is 13.7. The molecule has 2 rings (SSSR count). The van der Waals surface area contributed by atoms with Crippen LogP contribution in [0.3, 0.4) is 0 Å². The van der Waals surface area contributed by atoms with Crippen molar-refractivity contribution in [1.82, 2.24) is 4.98 Å². The topological polar surface area (TPSA) is 172 Å². The number of ether oxygens (including phenoxy) is 2. The fraction of sp³-hybridized carbons (Fsp3) is 0.333. The predicted molar refractivity (Wildman–Crippen MR) is 146 cm³/mol. The summed E-state index contributed by atoms with van der Waals surface area (Å²) in [5, 5.41) is 26.0. The third kappa shape index (κ3) is 7.85. The molecule has 0 atom stereocenters. The molecule has 1 aromatic carbocycles. The van der Waals surface area contributed by atoms with Crippen molar-refractivity contribution in [3.05, 3.63) is 53.3 Å². The minimum Gasteiger partial charge on any atom is -0.494 e. The van der Waals surface area contributed by atoms with Gasteiger partial charge >= 0.3 is 0 Å². The molecule has 38 heavy (non-hydrogen) atoms. The molecule has 0 fully saturated rings. The second-order valence-electron chi connectivity index (χ2n) is 7.75. The van der Waals surface area contributed by atoms with Gasteiger partial charge in [0, 0.05) is 43.2 Å². The lowest BCUT2D eigenvalue weighted by atomic mass is 10.1. The minimum atomic E-state index is -3.75. The Labute approximate surface area is 222 Å². The highest BCUT2D eigenvalue weighted by Crippen LogP contribution is 2.37. The molecule has 0 aliphatic heterocycles. The molecule has 0 bridgehead atoms. The van der Waals surface area contributed by atoms with Crippen LogP contribution in [-0.4, -0.2) is 61.5 Å². The molecule has 2 aromatic rings. The number of hydrogen-bond acceptors (Lipinski definition) is 12. The van der Waals surface area contributed by atoms with Crippen LogP contribution >= 0.6 is 0 Å². The Hall–Kier alpha value is -3.80. The quantitative estimate of drug-likeness (QED) is 0.238. The number of azo groups is 1. The number of rotatable bonds is 15. The molecule has 0 saturated heterocycles. The molecule has 0 saturated carbocycles. The van der Waals surface area contributed by atoms with Crippen LogP contribution in [0.25, 0.3) is 0 Å². The van der Waals surface area contributed by atoms with Gasteiger partial charge in [0.25, 0.3) is 0 Å². The van der Waals surface area contributed by atoms with Gasteiger partial charge in [0.05, 0.1) is 23.3 Å². The zero-order chi connectivity index (χ0) is 28.3. The van der Waals surface area contributed by atoms with Crippen molar-refractivity contribution in [2.75, 3.05) is 50.3 Å². The fourth-order valence-corrected chi connectivity index (χ4v) is 4.43. The molecular formula is C24H30N6O6S2. The molecule has 0 spiro atoms. The van der Waals surface area contributed by atoms with Crippen LogP contribution in [0.15, 0.2) is 57.3 Å². The van der Waals surface area contributed by atoms with E-state index in [1.807, 2.05) is 0 Å². The first-order valence-corrected chi connectivity index (χ1v) is 14.5. The van der Waals surface area contributed by atoms with Crippen LogP contribution in [0.4, 0.5) is 23.0 Å². The van der Waals surface area contributed by atoms with E-state index in [1.54, 1.807) is 14.0 Å². The molecule has 1 aromatic heterocycles. The summed E-state index contributed by atoms with van der Waals surface area (Å²) in [5.41, 5.74) is 0.910. The molecule has 204 valence electrons. The van der Waals surface area contributed by atoms with Gasteiger partial charge in [-0.2, -0.15) is 5.26 Å². The first-order chi connectivity index (χ1) is 18.0. The number of aromatic nitrogens is 1. The number of benzene rings is 1. The molecule has 2 N–H and O–H groups in total. The Bertz CT molecular complexity index is 1460. The average Bonchev–Trinajstić information content (AvgIpc) is 2.90. The summed E-state index contributed by atoms with van der Waals surface area (Å²) in [5.74, 6) is 0.462. The Kier molecular flexibility index (Phi) is 10.9. The van der Waals surface area contributed by atoms with Gasteiger partial charge in [0.1, 0.15) is 29.0 Å². The van der Waals surface area contributed by atoms with Crippen molar-refractivity contribution in [3.63, 3.8) is 0 Å². The van der Waals surface area contributed by atoms with E-state index in [0.29, 0.717) is 25.1 Å². The number of nitriles is 1. The van der Waals surface area contributed by atoms with Crippen LogP contribution in [0, 0.1) is 18.3 Å². The van der Waals surface area contributed by atoms with Crippen molar-refractivity contribution in [2.45, 2.75) is 18.2 Å². The standard InChI is InChI=1S/C24H30N6O6S2/c1-6-37(31,32)14-12-27-24-22(17(3)19(16-25)23(28-24)26-11-8-13-35-4)30-29-20-15-18(38(33,34)7-2)9-10-21(20)36-5/h6-7,9-10,15H,1-2,8,11-14H2,3-5H3,(H2,26,27,28). The van der Waals surface area contributed by atoms with E-state index in [-0.39, 0.29) is 51.5 Å². The van der Waals surface area contributed by atoms with Gasteiger partial charge in [-0.15, -0.1) is 10.2 Å². The number of nitrogens with zero attached hydrogens (tertiary/aromatic N) is 4. The first-order valence-electron chi connectivity index (χ1n) is 11.3. The Morgan fingerprint density at radius 3 is 2.39 bits per heavy atom. The normalized spacial score (nSPS) is 11.6. The van der Waals surface area contributed by atoms with E-state index in [4.69, 9.17) is 9.47 Å². The predicted octanol–water partition coefficient (Wildman–Crippen LogP) is 4.02. The van der Waals surface area contributed by atoms with E-state index in [9.17, 15) is 22.1 Å². The number of pyridine rings is 1. The van der Waals surface area contributed by atoms with Gasteiger partial charge < -0.3 is 20.1 Å². The summed E-state index contributed by atoms with van der Waals surface area (Å²) in [6.07, 6.45) is 0.660. The van der Waals surface area contributed by atoms with Gasteiger partial charge in [0.15, 0.2) is 25.5 Å². The summed E-state index contributed by atoms with van der Waals surface area (Å²) in [6.45, 7) is 9.24. The number of anilines is 2. The molecular weight excluding hydrogens is 532 g/mol. The smallest absolute Gasteiger partial charge is 0.199 e. The number of hydrogen-bond donors (Lipinski definition) is 2. The fourth-order valence-electron chi connectivity index (χ4n) is 3.15. The number of nitrogens with one attached hydrogen (secondary N) is 2. The lowest BCUT2D eigenvalue weighted by Gasteiger charge is -2.15. The highest BCUT2D eigenvalue weighted by Gasteiger charge is 2.19. The maximum absolute atomic E-state index is 12.2. The van der Waals surface area contributed by atoms with E-state index in [2.05, 4.69) is 45.1 Å². The van der Waals surface area contributed by atoms with Crippen molar-refractivity contribution in [2.24, 2.45) is 10.2 Å². The maximum atomic E-state index is 12.2. The first kappa shape index (κ1) is 30.4. The van der Waals surface area contributed by atoms with E-state index in [1.165, 1.54) is 25.3 Å². The molecule has 0 radical (unpaired) electrons. The zero-order valence-corrected chi connectivity index (χ0v) is 23.0. The molecule has 0 aliphatic rings. The van der Waals surface area contributed by atoms with Gasteiger partial charge in [-0.3, -0.25) is 0 Å². The third-order valence-corrected chi connectivity index (χ3v) is 7.86. The van der Waals surface area contributed by atoms with Crippen LogP contribution in [-0.2, 0) is 24.4 Å². The summed E-state index contributed by atoms with van der Waals surface area (Å²) >= 11 is 0. The SMILES string of the molecule is C=CS(=O)(=O)CCNc1nc(NCCCOC)c(C#N)c(C)c1N=Nc1cc(S(=O)(=O)C=C)ccc1OC. The lowest BCUT2D eigenvalue weighted by molar-refractivity contribution is 0.198. The molecule has 0 amide bonds. The summed E-state index contributed by atoms with van der Waals surface area (Å²) in [6, 6.07) is 6.18. The Balaban J connectivity index is 2.60. The maximum Gasteiger partial charge on any atom is 0.199 e. The molecule has 14 heteroatoms. The van der Waals surface area contributed by atoms with E-state index < -0.39 is 19.7 Å². The summed E-state index contributed by atoms with van der Waals surface area (Å²) in [4.78, 5) is 4.41. The van der Waals surface area contributed by atoms with Crippen molar-refractivity contribution >= 4 is 42.7 Å². The van der Waals surface area contributed by atoms with Crippen molar-refractivity contribution in [1.29, 1.82) is 5.26 Å². The summed E-state index contributed by atoms with van der Waals surface area (Å²) in [7, 11) is -4.25. The summed E-state index contributed by atoms with van der Waals surface area (Å²) < 4.78 is 58.6. The Morgan fingerprint density at radius 2 is 1.79 bits per heavy atom. The largest absolute Gasteiger partial charge is 0.494 e. The monoisotopic (exact) mass is 562 g/mol. The minimum absolute atomic E-state index is 0.0191. The average molecular weight is 563 g/mol. The zero-order valence-electron chi connectivity index (χ0n) is 21.4. The molecule has 0 aliphatic carbocycles. The third-order valence-electron chi connectivity index (χ3n) is 5.23. The molecule has 0 unspecified atom stereocenters. The number of sulfone groups is 2.